The molecule has 0 spiro atoms. The van der Waals surface area contributed by atoms with Crippen LogP contribution in [0.1, 0.15) is 34.6 Å². The van der Waals surface area contributed by atoms with Gasteiger partial charge in [-0.15, -0.1) is 0 Å². The highest BCUT2D eigenvalue weighted by molar-refractivity contribution is 6.31. The minimum Gasteiger partial charge on any atom is -0.351 e. The van der Waals surface area contributed by atoms with Gasteiger partial charge in [0.25, 0.3) is 23.2 Å². The molecule has 12 heteroatoms. The zero-order valence-electron chi connectivity index (χ0n) is 16.5. The van der Waals surface area contributed by atoms with Gasteiger partial charge < -0.3 is 10.6 Å². The fourth-order valence-electron chi connectivity index (χ4n) is 2.59. The third kappa shape index (κ3) is 6.37. The highest BCUT2D eigenvalue weighted by atomic mass is 35.5. The minimum atomic E-state index is -0.703. The van der Waals surface area contributed by atoms with Gasteiger partial charge >= 0.3 is 0 Å². The van der Waals surface area contributed by atoms with Gasteiger partial charge in [0, 0.05) is 35.3 Å². The Morgan fingerprint density at radius 2 is 1.19 bits per heavy atom. The van der Waals surface area contributed by atoms with E-state index in [0.717, 1.165) is 12.1 Å². The van der Waals surface area contributed by atoms with E-state index in [1.807, 2.05) is 0 Å². The van der Waals surface area contributed by atoms with Crippen LogP contribution in [0.3, 0.4) is 0 Å². The average molecular weight is 469 g/mol. The van der Waals surface area contributed by atoms with Crippen LogP contribution in [-0.4, -0.2) is 34.8 Å². The number of amides is 2. The SMILES string of the molecule is CC(C)(CNC(=O)c1ccc(Cl)cc1[N+](=O)[O-])CNC(=O)c1ccc(Cl)cc1[N+](=O)[O-]. The molecular weight excluding hydrogens is 451 g/mol. The van der Waals surface area contributed by atoms with Crippen LogP contribution in [0.2, 0.25) is 10.0 Å². The van der Waals surface area contributed by atoms with E-state index in [4.69, 9.17) is 23.2 Å². The van der Waals surface area contributed by atoms with Gasteiger partial charge in [0.2, 0.25) is 0 Å². The summed E-state index contributed by atoms with van der Waals surface area (Å²) in [5, 5.41) is 27.7. The van der Waals surface area contributed by atoms with Crippen molar-refractivity contribution in [1.82, 2.24) is 10.6 Å². The maximum Gasteiger partial charge on any atom is 0.283 e. The number of nitrogens with one attached hydrogen (secondary N) is 2. The summed E-state index contributed by atoms with van der Waals surface area (Å²) in [6.45, 7) is 3.60. The molecule has 0 aromatic heterocycles. The Kier molecular flexibility index (Phi) is 7.53. The normalized spacial score (nSPS) is 11.0. The van der Waals surface area contributed by atoms with Crippen molar-refractivity contribution in [2.45, 2.75) is 13.8 Å². The molecule has 2 aromatic rings. The highest BCUT2D eigenvalue weighted by Gasteiger charge is 2.26. The van der Waals surface area contributed by atoms with Gasteiger partial charge in [-0.3, -0.25) is 29.8 Å². The molecule has 0 fully saturated rings. The van der Waals surface area contributed by atoms with Crippen LogP contribution in [0.5, 0.6) is 0 Å². The molecule has 0 aliphatic heterocycles. The second-order valence-electron chi connectivity index (χ2n) is 7.37. The molecular formula is C19H18Cl2N4O6. The smallest absolute Gasteiger partial charge is 0.283 e. The summed E-state index contributed by atoms with van der Waals surface area (Å²) in [5.74, 6) is -1.34. The molecule has 31 heavy (non-hydrogen) atoms. The number of hydrogen-bond acceptors (Lipinski definition) is 6. The van der Waals surface area contributed by atoms with Crippen LogP contribution >= 0.6 is 23.2 Å². The summed E-state index contributed by atoms with van der Waals surface area (Å²) in [7, 11) is 0. The Hall–Kier alpha value is -3.24. The largest absolute Gasteiger partial charge is 0.351 e. The second kappa shape index (κ2) is 9.71. The molecule has 0 saturated carbocycles. The van der Waals surface area contributed by atoms with Crippen molar-refractivity contribution in [1.29, 1.82) is 0 Å². The van der Waals surface area contributed by atoms with Crippen LogP contribution in [0, 0.1) is 25.6 Å². The van der Waals surface area contributed by atoms with Crippen LogP contribution < -0.4 is 10.6 Å². The third-order valence-electron chi connectivity index (χ3n) is 4.26. The Morgan fingerprint density at radius 3 is 1.52 bits per heavy atom. The molecule has 0 unspecified atom stereocenters. The summed E-state index contributed by atoms with van der Waals surface area (Å²) in [6.07, 6.45) is 0. The molecule has 0 radical (unpaired) electrons. The van der Waals surface area contributed by atoms with E-state index in [1.54, 1.807) is 13.8 Å². The number of nitrogens with zero attached hydrogens (tertiary/aromatic N) is 2. The van der Waals surface area contributed by atoms with Crippen LogP contribution in [-0.2, 0) is 0 Å². The summed E-state index contributed by atoms with van der Waals surface area (Å²) >= 11 is 11.5. The Morgan fingerprint density at radius 1 is 0.839 bits per heavy atom. The predicted molar refractivity (Wildman–Crippen MR) is 115 cm³/mol. The van der Waals surface area contributed by atoms with Crippen molar-refractivity contribution in [2.75, 3.05) is 13.1 Å². The lowest BCUT2D eigenvalue weighted by Gasteiger charge is -2.25. The van der Waals surface area contributed by atoms with E-state index >= 15 is 0 Å². The fourth-order valence-corrected chi connectivity index (χ4v) is 2.92. The van der Waals surface area contributed by atoms with Crippen LogP contribution in [0.25, 0.3) is 0 Å². The zero-order chi connectivity index (χ0) is 23.3. The Bertz CT molecular complexity index is 976. The highest BCUT2D eigenvalue weighted by Crippen LogP contribution is 2.25. The number of nitro benzene ring substituents is 2. The lowest BCUT2D eigenvalue weighted by Crippen LogP contribution is -2.42. The Labute approximate surface area is 186 Å². The van der Waals surface area contributed by atoms with Gasteiger partial charge in [-0.2, -0.15) is 0 Å². The van der Waals surface area contributed by atoms with Gasteiger partial charge in [-0.25, -0.2) is 0 Å². The molecule has 2 amide bonds. The standard InChI is InChI=1S/C19H18Cl2N4O6/c1-19(2,9-22-17(26)13-5-3-11(20)7-15(13)24(28)29)10-23-18(27)14-6-4-12(21)8-16(14)25(30)31/h3-8H,9-10H2,1-2H3,(H,22,26)(H,23,27). The number of benzene rings is 2. The van der Waals surface area contributed by atoms with Crippen LogP contribution in [0.4, 0.5) is 11.4 Å². The topological polar surface area (TPSA) is 144 Å². The van der Waals surface area contributed by atoms with E-state index in [9.17, 15) is 29.8 Å². The molecule has 0 aliphatic carbocycles. The molecule has 2 aromatic carbocycles. The number of rotatable bonds is 8. The third-order valence-corrected chi connectivity index (χ3v) is 4.73. The van der Waals surface area contributed by atoms with Crippen molar-refractivity contribution in [3.05, 3.63) is 77.8 Å². The first kappa shape index (κ1) is 24.0. The molecule has 10 nitrogen and oxygen atoms in total. The first-order chi connectivity index (χ1) is 14.4. The summed E-state index contributed by atoms with van der Waals surface area (Å²) < 4.78 is 0. The molecule has 164 valence electrons. The molecule has 0 saturated heterocycles. The van der Waals surface area contributed by atoms with E-state index in [0.29, 0.717) is 0 Å². The number of carbonyl (C=O) groups is 2. The first-order valence-electron chi connectivity index (χ1n) is 8.85. The predicted octanol–water partition coefficient (Wildman–Crippen LogP) is 4.00. The van der Waals surface area contributed by atoms with Crippen molar-refractivity contribution >= 4 is 46.4 Å². The molecule has 2 N–H and O–H groups in total. The van der Waals surface area contributed by atoms with Crippen molar-refractivity contribution in [3.63, 3.8) is 0 Å². The second-order valence-corrected chi connectivity index (χ2v) is 8.24. The quantitative estimate of drug-likeness (QED) is 0.442. The van der Waals surface area contributed by atoms with E-state index < -0.39 is 38.5 Å². The van der Waals surface area contributed by atoms with Gasteiger partial charge in [0.05, 0.1) is 9.85 Å². The number of halogens is 2. The van der Waals surface area contributed by atoms with Crippen molar-refractivity contribution in [3.8, 4) is 0 Å². The minimum absolute atomic E-state index is 0.0641. The lowest BCUT2D eigenvalue weighted by molar-refractivity contribution is -0.385. The summed E-state index contributed by atoms with van der Waals surface area (Å²) in [4.78, 5) is 45.7. The first-order valence-corrected chi connectivity index (χ1v) is 9.61. The number of carbonyl (C=O) groups excluding carboxylic acids is 2. The summed E-state index contributed by atoms with van der Waals surface area (Å²) in [6, 6.07) is 7.41. The van der Waals surface area contributed by atoms with Crippen LogP contribution in [0.15, 0.2) is 36.4 Å². The maximum absolute atomic E-state index is 12.4. The molecule has 0 heterocycles. The number of hydrogen-bond donors (Lipinski definition) is 2. The maximum atomic E-state index is 12.4. The average Bonchev–Trinajstić information content (AvgIpc) is 2.70. The van der Waals surface area contributed by atoms with Gasteiger partial charge in [-0.1, -0.05) is 37.0 Å². The van der Waals surface area contributed by atoms with E-state index in [1.165, 1.54) is 24.3 Å². The lowest BCUT2D eigenvalue weighted by atomic mass is 9.93. The van der Waals surface area contributed by atoms with Gasteiger partial charge in [0.1, 0.15) is 11.1 Å². The molecule has 2 rings (SSSR count). The van der Waals surface area contributed by atoms with E-state index in [-0.39, 0.29) is 34.3 Å². The molecule has 0 atom stereocenters. The van der Waals surface area contributed by atoms with Crippen molar-refractivity contribution in [2.24, 2.45) is 5.41 Å². The Balaban J connectivity index is 2.03. The monoisotopic (exact) mass is 468 g/mol. The molecule has 0 aliphatic rings. The number of nitro groups is 2. The van der Waals surface area contributed by atoms with Gasteiger partial charge in [0.15, 0.2) is 0 Å². The van der Waals surface area contributed by atoms with E-state index in [2.05, 4.69) is 10.6 Å². The molecule has 0 bridgehead atoms. The summed E-state index contributed by atoms with van der Waals surface area (Å²) in [5.41, 5.74) is -1.82. The fraction of sp³-hybridized carbons (Fsp3) is 0.263. The van der Waals surface area contributed by atoms with Crippen molar-refractivity contribution < 1.29 is 19.4 Å². The zero-order valence-corrected chi connectivity index (χ0v) is 18.0. The van der Waals surface area contributed by atoms with Gasteiger partial charge in [-0.05, 0) is 29.7 Å².